The first-order valence-electron chi connectivity index (χ1n) is 8.44. The summed E-state index contributed by atoms with van der Waals surface area (Å²) in [5.41, 5.74) is 3.51. The highest BCUT2D eigenvalue weighted by Gasteiger charge is 2.23. The lowest BCUT2D eigenvalue weighted by Crippen LogP contribution is -2.44. The molecule has 1 fully saturated rings. The molecule has 0 aromatic carbocycles. The third-order valence-electron chi connectivity index (χ3n) is 4.58. The van der Waals surface area contributed by atoms with Crippen LogP contribution in [-0.2, 0) is 18.3 Å². The third kappa shape index (κ3) is 2.86. The number of aryl methyl sites for hydroxylation is 2. The smallest absolute Gasteiger partial charge is 0.130 e. The van der Waals surface area contributed by atoms with Gasteiger partial charge in [0.15, 0.2) is 0 Å². The normalized spacial score (nSPS) is 18.2. The fraction of sp³-hybridized carbons (Fsp3) is 0.471. The van der Waals surface area contributed by atoms with Gasteiger partial charge in [0, 0.05) is 25.4 Å². The second kappa shape index (κ2) is 6.44. The molecule has 0 saturated carbocycles. The average molecular weight is 344 g/mol. The molecule has 1 saturated heterocycles. The molecule has 0 radical (unpaired) electrons. The van der Waals surface area contributed by atoms with E-state index in [1.165, 1.54) is 0 Å². The second-order valence-electron chi connectivity index (χ2n) is 6.30. The number of ether oxygens (including phenoxy) is 1. The summed E-state index contributed by atoms with van der Waals surface area (Å²) in [4.78, 5) is 7.04. The molecule has 0 bridgehead atoms. The van der Waals surface area contributed by atoms with Crippen molar-refractivity contribution < 1.29 is 9.13 Å². The summed E-state index contributed by atoms with van der Waals surface area (Å²) < 4.78 is 21.6. The van der Waals surface area contributed by atoms with E-state index in [4.69, 9.17) is 9.72 Å². The van der Waals surface area contributed by atoms with Crippen molar-refractivity contribution in [1.29, 1.82) is 0 Å². The summed E-state index contributed by atoms with van der Waals surface area (Å²) in [5, 5.41) is 8.86. The van der Waals surface area contributed by atoms with E-state index in [2.05, 4.69) is 22.0 Å². The van der Waals surface area contributed by atoms with Crippen LogP contribution in [-0.4, -0.2) is 57.0 Å². The van der Waals surface area contributed by atoms with E-state index in [9.17, 15) is 4.39 Å². The minimum Gasteiger partial charge on any atom is -0.377 e. The van der Waals surface area contributed by atoms with Gasteiger partial charge in [0.2, 0.25) is 0 Å². The van der Waals surface area contributed by atoms with Gasteiger partial charge in [0.25, 0.3) is 0 Å². The van der Waals surface area contributed by atoms with Crippen molar-refractivity contribution in [1.82, 2.24) is 24.5 Å². The summed E-state index contributed by atoms with van der Waals surface area (Å²) in [6.07, 6.45) is 3.57. The molecular formula is C17H21FN6O. The van der Waals surface area contributed by atoms with Gasteiger partial charge in [-0.3, -0.25) is 9.36 Å². The molecule has 3 aromatic rings. The first-order chi connectivity index (χ1) is 12.2. The Morgan fingerprint density at radius 3 is 3.08 bits per heavy atom. The maximum absolute atomic E-state index is 12.6. The molecule has 132 valence electrons. The Bertz CT molecular complexity index is 889. The zero-order valence-corrected chi connectivity index (χ0v) is 14.4. The van der Waals surface area contributed by atoms with E-state index < -0.39 is 6.67 Å². The van der Waals surface area contributed by atoms with Gasteiger partial charge >= 0.3 is 0 Å². The quantitative estimate of drug-likeness (QED) is 0.725. The molecule has 0 N–H and O–H groups in total. The lowest BCUT2D eigenvalue weighted by Gasteiger charge is -2.34. The number of hydrogen-bond donors (Lipinski definition) is 0. The van der Waals surface area contributed by atoms with Crippen molar-refractivity contribution in [3.8, 4) is 11.3 Å². The molecule has 8 heteroatoms. The number of anilines is 1. The molecule has 0 aliphatic carbocycles. The highest BCUT2D eigenvalue weighted by Crippen LogP contribution is 2.31. The Labute approximate surface area is 145 Å². The van der Waals surface area contributed by atoms with Gasteiger partial charge in [0.1, 0.15) is 18.0 Å². The van der Waals surface area contributed by atoms with E-state index in [0.717, 1.165) is 34.7 Å². The zero-order valence-electron chi connectivity index (χ0n) is 14.4. The molecule has 7 nitrogen and oxygen atoms in total. The van der Waals surface area contributed by atoms with Crippen LogP contribution in [0, 0.1) is 0 Å². The summed E-state index contributed by atoms with van der Waals surface area (Å²) in [6.45, 7) is 4.13. The number of rotatable bonds is 4. The summed E-state index contributed by atoms with van der Waals surface area (Å²) >= 11 is 0. The molecule has 1 aliphatic rings. The average Bonchev–Trinajstić information content (AvgIpc) is 3.22. The highest BCUT2D eigenvalue weighted by molar-refractivity contribution is 5.92. The van der Waals surface area contributed by atoms with E-state index in [1.54, 1.807) is 21.8 Å². The van der Waals surface area contributed by atoms with Crippen LogP contribution < -0.4 is 4.90 Å². The largest absolute Gasteiger partial charge is 0.377 e. The van der Waals surface area contributed by atoms with Gasteiger partial charge < -0.3 is 9.64 Å². The van der Waals surface area contributed by atoms with Crippen LogP contribution in [0.1, 0.15) is 6.92 Å². The summed E-state index contributed by atoms with van der Waals surface area (Å²) in [6, 6.07) is 4.21. The first kappa shape index (κ1) is 16.0. The number of fused-ring (bicyclic) bond motifs is 1. The number of aromatic nitrogens is 5. The molecule has 1 atom stereocenters. The molecular weight excluding hydrogens is 323 g/mol. The minimum absolute atomic E-state index is 0.257. The van der Waals surface area contributed by atoms with Crippen LogP contribution in [0.15, 0.2) is 24.5 Å². The highest BCUT2D eigenvalue weighted by atomic mass is 19.1. The summed E-state index contributed by atoms with van der Waals surface area (Å²) in [5.74, 6) is 0.895. The van der Waals surface area contributed by atoms with Crippen molar-refractivity contribution in [3.63, 3.8) is 0 Å². The summed E-state index contributed by atoms with van der Waals surface area (Å²) in [7, 11) is 1.89. The Hall–Kier alpha value is -2.48. The van der Waals surface area contributed by atoms with E-state index in [1.807, 2.05) is 19.2 Å². The molecule has 4 heterocycles. The Morgan fingerprint density at radius 1 is 1.40 bits per heavy atom. The van der Waals surface area contributed by atoms with Crippen LogP contribution in [0.4, 0.5) is 10.2 Å². The zero-order chi connectivity index (χ0) is 17.4. The van der Waals surface area contributed by atoms with Gasteiger partial charge in [-0.05, 0) is 19.1 Å². The van der Waals surface area contributed by atoms with Crippen molar-refractivity contribution in [2.75, 3.05) is 31.3 Å². The lowest BCUT2D eigenvalue weighted by molar-refractivity contribution is 0.0986. The number of nitrogens with zero attached hydrogens (tertiary/aromatic N) is 6. The minimum atomic E-state index is -0.435. The fourth-order valence-corrected chi connectivity index (χ4v) is 3.30. The van der Waals surface area contributed by atoms with Crippen molar-refractivity contribution in [3.05, 3.63) is 24.5 Å². The van der Waals surface area contributed by atoms with Crippen molar-refractivity contribution in [2.24, 2.45) is 7.05 Å². The van der Waals surface area contributed by atoms with Crippen LogP contribution >= 0.6 is 0 Å². The lowest BCUT2D eigenvalue weighted by atomic mass is 10.1. The number of morpholine rings is 1. The maximum Gasteiger partial charge on any atom is 0.130 e. The number of hydrogen-bond acceptors (Lipinski definition) is 5. The molecule has 0 amide bonds. The Balaban J connectivity index is 1.84. The van der Waals surface area contributed by atoms with Crippen molar-refractivity contribution >= 4 is 16.9 Å². The monoisotopic (exact) mass is 344 g/mol. The van der Waals surface area contributed by atoms with Gasteiger partial charge in [-0.1, -0.05) is 0 Å². The predicted molar refractivity (Wildman–Crippen MR) is 93.3 cm³/mol. The molecule has 25 heavy (non-hydrogen) atoms. The molecule has 0 spiro atoms. The van der Waals surface area contributed by atoms with E-state index >= 15 is 0 Å². The van der Waals surface area contributed by atoms with Crippen LogP contribution in [0.3, 0.4) is 0 Å². The molecule has 0 unspecified atom stereocenters. The number of halogens is 1. The van der Waals surface area contributed by atoms with Gasteiger partial charge in [-0.2, -0.15) is 10.2 Å². The second-order valence-corrected chi connectivity index (χ2v) is 6.30. The van der Waals surface area contributed by atoms with Crippen molar-refractivity contribution in [2.45, 2.75) is 19.5 Å². The van der Waals surface area contributed by atoms with E-state index in [-0.39, 0.29) is 12.6 Å². The molecule has 3 aromatic heterocycles. The SMILES string of the molecule is C[C@@H]1COCCN1c1cc(-c2ccn(CCF)n2)c2c(cnn2C)n1. The van der Waals surface area contributed by atoms with Crippen LogP contribution in [0.25, 0.3) is 22.3 Å². The van der Waals surface area contributed by atoms with Gasteiger partial charge in [-0.15, -0.1) is 0 Å². The van der Waals surface area contributed by atoms with Gasteiger partial charge in [-0.25, -0.2) is 9.37 Å². The first-order valence-corrected chi connectivity index (χ1v) is 8.44. The Kier molecular flexibility index (Phi) is 4.12. The van der Waals surface area contributed by atoms with Crippen LogP contribution in [0.2, 0.25) is 0 Å². The Morgan fingerprint density at radius 2 is 2.28 bits per heavy atom. The van der Waals surface area contributed by atoms with Gasteiger partial charge in [0.05, 0.1) is 43.2 Å². The molecule has 1 aliphatic heterocycles. The number of pyridine rings is 1. The number of alkyl halides is 1. The third-order valence-corrected chi connectivity index (χ3v) is 4.58. The molecule has 4 rings (SSSR count). The maximum atomic E-state index is 12.6. The topological polar surface area (TPSA) is 61.0 Å². The van der Waals surface area contributed by atoms with E-state index in [0.29, 0.717) is 13.2 Å². The van der Waals surface area contributed by atoms with Crippen LogP contribution in [0.5, 0.6) is 0 Å². The predicted octanol–water partition coefficient (Wildman–Crippen LogP) is 2.03. The fourth-order valence-electron chi connectivity index (χ4n) is 3.30. The standard InChI is InChI=1S/C17H21FN6O/c1-12-11-25-8-7-24(12)16-9-13(14-3-5-23(21-14)6-4-18)17-15(20-16)10-19-22(17)2/h3,5,9-10,12H,4,6-8,11H2,1-2H3/t12-/m1/s1.